The summed E-state index contributed by atoms with van der Waals surface area (Å²) in [5.41, 5.74) is 0. The van der Waals surface area contributed by atoms with Gasteiger partial charge in [0.15, 0.2) is 6.10 Å². The van der Waals surface area contributed by atoms with Crippen LogP contribution in [0.3, 0.4) is 0 Å². The fourth-order valence-electron chi connectivity index (χ4n) is 10.1. The van der Waals surface area contributed by atoms with Crippen LogP contribution in [-0.4, -0.2) is 37.2 Å². The van der Waals surface area contributed by atoms with Crippen molar-refractivity contribution in [2.75, 3.05) is 13.2 Å². The molecule has 0 fully saturated rings. The van der Waals surface area contributed by atoms with Gasteiger partial charge in [0.2, 0.25) is 0 Å². The van der Waals surface area contributed by atoms with Crippen LogP contribution in [0.2, 0.25) is 0 Å². The summed E-state index contributed by atoms with van der Waals surface area (Å²) in [5.74, 6) is -0.873. The van der Waals surface area contributed by atoms with Gasteiger partial charge in [-0.05, 0) is 103 Å². The Morgan fingerprint density at radius 2 is 0.468 bits per heavy atom. The van der Waals surface area contributed by atoms with Crippen molar-refractivity contribution in [2.24, 2.45) is 0 Å². The Labute approximate surface area is 479 Å². The van der Waals surface area contributed by atoms with Crippen LogP contribution < -0.4 is 0 Å². The van der Waals surface area contributed by atoms with E-state index < -0.39 is 6.10 Å². The van der Waals surface area contributed by atoms with E-state index in [4.69, 9.17) is 14.2 Å². The zero-order valence-electron chi connectivity index (χ0n) is 51.7. The zero-order valence-corrected chi connectivity index (χ0v) is 51.7. The number of carbonyl (C=O) groups excluding carboxylic acids is 3. The molecule has 0 radical (unpaired) electrons. The van der Waals surface area contributed by atoms with E-state index in [2.05, 4.69) is 69.4 Å². The van der Waals surface area contributed by atoms with Crippen LogP contribution in [0.1, 0.15) is 367 Å². The number of esters is 3. The van der Waals surface area contributed by atoms with E-state index in [1.165, 1.54) is 250 Å². The van der Waals surface area contributed by atoms with Crippen LogP contribution in [0.15, 0.2) is 48.6 Å². The molecule has 0 spiro atoms. The van der Waals surface area contributed by atoms with Crippen LogP contribution in [0, 0.1) is 0 Å². The van der Waals surface area contributed by atoms with Gasteiger partial charge in [0.05, 0.1) is 0 Å². The SMILES string of the molecule is CCCCCC/C=C\CCCCCCCC(=O)OCC(COC(=O)CCCCCCCCCCCCCCCCCCCCCCC/C=C\C/C=C\CCCCCCC)OC(=O)CCCCCCC/C=C\CCCCCC. The highest BCUT2D eigenvalue weighted by atomic mass is 16.6. The van der Waals surface area contributed by atoms with E-state index in [1.807, 2.05) is 0 Å². The smallest absolute Gasteiger partial charge is 0.306 e. The molecule has 0 aliphatic heterocycles. The van der Waals surface area contributed by atoms with E-state index >= 15 is 0 Å². The minimum Gasteiger partial charge on any atom is -0.462 e. The lowest BCUT2D eigenvalue weighted by Gasteiger charge is -2.18. The number of allylic oxidation sites excluding steroid dienone is 8. The van der Waals surface area contributed by atoms with E-state index in [1.54, 1.807) is 0 Å². The van der Waals surface area contributed by atoms with Gasteiger partial charge >= 0.3 is 17.9 Å². The van der Waals surface area contributed by atoms with E-state index in [0.29, 0.717) is 19.3 Å². The molecule has 0 amide bonds. The molecule has 1 unspecified atom stereocenters. The van der Waals surface area contributed by atoms with Crippen molar-refractivity contribution in [1.82, 2.24) is 0 Å². The summed E-state index contributed by atoms with van der Waals surface area (Å²) < 4.78 is 16.9. The van der Waals surface area contributed by atoms with Gasteiger partial charge in [-0.1, -0.05) is 294 Å². The van der Waals surface area contributed by atoms with Crippen molar-refractivity contribution in [1.29, 1.82) is 0 Å². The molecular weight excluding hydrogens is 949 g/mol. The first-order valence-electron chi connectivity index (χ1n) is 34.1. The molecule has 6 heteroatoms. The van der Waals surface area contributed by atoms with Crippen LogP contribution in [-0.2, 0) is 28.6 Å². The third kappa shape index (κ3) is 64.1. The van der Waals surface area contributed by atoms with Crippen molar-refractivity contribution in [2.45, 2.75) is 374 Å². The molecular formula is C71H130O6. The van der Waals surface area contributed by atoms with Crippen molar-refractivity contribution >= 4 is 17.9 Å². The van der Waals surface area contributed by atoms with Gasteiger partial charge in [-0.2, -0.15) is 0 Å². The van der Waals surface area contributed by atoms with Crippen molar-refractivity contribution in [3.05, 3.63) is 48.6 Å². The molecule has 1 atom stereocenters. The lowest BCUT2D eigenvalue weighted by molar-refractivity contribution is -0.167. The standard InChI is InChI=1S/C71H130O6/c1-4-7-10-13-16-19-22-25-26-27-28-29-30-31-32-33-34-35-36-37-38-39-40-41-42-43-44-47-49-52-55-58-61-64-70(73)76-67-68(77-71(74)65-62-59-56-53-50-46-24-21-18-15-12-9-6-3)66-75-69(72)63-60-57-54-51-48-45-23-20-17-14-11-8-5-2/h20-25,27-28,68H,4-19,26,29-67H2,1-3H3/b23-20-,24-21-,25-22-,28-27-. The third-order valence-electron chi connectivity index (χ3n) is 15.3. The maximum atomic E-state index is 12.9. The van der Waals surface area contributed by atoms with Crippen LogP contribution in [0.4, 0.5) is 0 Å². The number of carbonyl (C=O) groups is 3. The quantitative estimate of drug-likeness (QED) is 0.0261. The summed E-state index contributed by atoms with van der Waals surface area (Å²) in [6.07, 6.45) is 82.9. The molecule has 0 saturated carbocycles. The van der Waals surface area contributed by atoms with Gasteiger partial charge in [0.25, 0.3) is 0 Å². The summed E-state index contributed by atoms with van der Waals surface area (Å²) >= 11 is 0. The Kier molecular flexibility index (Phi) is 63.6. The van der Waals surface area contributed by atoms with Gasteiger partial charge in [0, 0.05) is 19.3 Å². The first-order valence-corrected chi connectivity index (χ1v) is 34.1. The second kappa shape index (κ2) is 65.9. The fourth-order valence-corrected chi connectivity index (χ4v) is 10.1. The summed E-state index contributed by atoms with van der Waals surface area (Å²) in [4.78, 5) is 38.2. The summed E-state index contributed by atoms with van der Waals surface area (Å²) in [5, 5.41) is 0. The Morgan fingerprint density at radius 3 is 0.740 bits per heavy atom. The number of hydrogen-bond acceptors (Lipinski definition) is 6. The maximum absolute atomic E-state index is 12.9. The predicted octanol–water partition coefficient (Wildman–Crippen LogP) is 23.3. The molecule has 0 aromatic rings. The Morgan fingerprint density at radius 1 is 0.260 bits per heavy atom. The normalized spacial score (nSPS) is 12.3. The van der Waals surface area contributed by atoms with E-state index in [0.717, 1.165) is 77.0 Å². The number of unbranched alkanes of at least 4 members (excludes halogenated alkanes) is 44. The summed E-state index contributed by atoms with van der Waals surface area (Å²) in [6, 6.07) is 0. The van der Waals surface area contributed by atoms with Crippen LogP contribution >= 0.6 is 0 Å². The molecule has 0 aromatic heterocycles. The number of rotatable bonds is 63. The number of ether oxygens (including phenoxy) is 3. The minimum absolute atomic E-state index is 0.0750. The average Bonchev–Trinajstić information content (AvgIpc) is 3.43. The van der Waals surface area contributed by atoms with Gasteiger partial charge in [0.1, 0.15) is 13.2 Å². The van der Waals surface area contributed by atoms with Crippen LogP contribution in [0.5, 0.6) is 0 Å². The molecule has 0 N–H and O–H groups in total. The molecule has 0 bridgehead atoms. The maximum Gasteiger partial charge on any atom is 0.306 e. The molecule has 0 aliphatic carbocycles. The largest absolute Gasteiger partial charge is 0.462 e. The highest BCUT2D eigenvalue weighted by Gasteiger charge is 2.19. The molecule has 77 heavy (non-hydrogen) atoms. The van der Waals surface area contributed by atoms with Crippen LogP contribution in [0.25, 0.3) is 0 Å². The summed E-state index contributed by atoms with van der Waals surface area (Å²) in [7, 11) is 0. The molecule has 450 valence electrons. The molecule has 0 heterocycles. The lowest BCUT2D eigenvalue weighted by Crippen LogP contribution is -2.30. The highest BCUT2D eigenvalue weighted by molar-refractivity contribution is 5.71. The van der Waals surface area contributed by atoms with Crippen molar-refractivity contribution in [3.63, 3.8) is 0 Å². The van der Waals surface area contributed by atoms with Gasteiger partial charge < -0.3 is 14.2 Å². The Bertz CT molecular complexity index is 1330. The number of hydrogen-bond donors (Lipinski definition) is 0. The topological polar surface area (TPSA) is 78.9 Å². The monoisotopic (exact) mass is 1080 g/mol. The second-order valence-corrected chi connectivity index (χ2v) is 23.1. The van der Waals surface area contributed by atoms with E-state index in [-0.39, 0.29) is 31.1 Å². The fraction of sp³-hybridized carbons (Fsp3) is 0.845. The third-order valence-corrected chi connectivity index (χ3v) is 15.3. The molecule has 0 aliphatic rings. The van der Waals surface area contributed by atoms with Gasteiger partial charge in [-0.3, -0.25) is 14.4 Å². The van der Waals surface area contributed by atoms with Crippen molar-refractivity contribution in [3.8, 4) is 0 Å². The first kappa shape index (κ1) is 74.4. The molecule has 6 nitrogen and oxygen atoms in total. The zero-order chi connectivity index (χ0) is 55.7. The summed E-state index contributed by atoms with van der Waals surface area (Å²) in [6.45, 7) is 6.63. The van der Waals surface area contributed by atoms with Crippen molar-refractivity contribution < 1.29 is 28.6 Å². The Balaban J connectivity index is 4.07. The molecule has 0 saturated heterocycles. The minimum atomic E-state index is -0.778. The highest BCUT2D eigenvalue weighted by Crippen LogP contribution is 2.18. The molecule has 0 rings (SSSR count). The lowest BCUT2D eigenvalue weighted by atomic mass is 10.0. The average molecular weight is 1080 g/mol. The predicted molar refractivity (Wildman–Crippen MR) is 335 cm³/mol. The van der Waals surface area contributed by atoms with Gasteiger partial charge in [-0.25, -0.2) is 0 Å². The molecule has 0 aromatic carbocycles. The van der Waals surface area contributed by atoms with Gasteiger partial charge in [-0.15, -0.1) is 0 Å². The Hall–Kier alpha value is -2.63. The first-order chi connectivity index (χ1) is 38.0. The van der Waals surface area contributed by atoms with E-state index in [9.17, 15) is 14.4 Å². The second-order valence-electron chi connectivity index (χ2n) is 23.1.